The summed E-state index contributed by atoms with van der Waals surface area (Å²) in [6, 6.07) is 0. The second-order valence-corrected chi connectivity index (χ2v) is 19.8. The second kappa shape index (κ2) is 40.6. The lowest BCUT2D eigenvalue weighted by Crippen LogP contribution is -2.64. The number of unbranched alkanes of at least 4 members (excludes halogenated alkanes) is 33. The highest BCUT2D eigenvalue weighted by atomic mass is 31.2. The van der Waals surface area contributed by atoms with E-state index in [0.717, 1.165) is 38.5 Å². The zero-order valence-electron chi connectivity index (χ0n) is 39.7. The van der Waals surface area contributed by atoms with Crippen molar-refractivity contribution in [2.75, 3.05) is 19.8 Å². The first-order valence-corrected chi connectivity index (χ1v) is 27.4. The minimum Gasteiger partial charge on any atom is -0.457 e. The molecule has 1 aliphatic rings. The van der Waals surface area contributed by atoms with Crippen molar-refractivity contribution in [1.82, 2.24) is 0 Å². The highest BCUT2D eigenvalue weighted by Gasteiger charge is 2.51. The average molecular weight is 909 g/mol. The van der Waals surface area contributed by atoms with Gasteiger partial charge in [-0.2, -0.15) is 0 Å². The molecule has 0 saturated heterocycles. The predicted octanol–water partition coefficient (Wildman–Crippen LogP) is 11.3. The summed E-state index contributed by atoms with van der Waals surface area (Å²) in [6.45, 7) is 4.31. The van der Waals surface area contributed by atoms with Crippen molar-refractivity contribution in [2.45, 2.75) is 288 Å². The number of aliphatic hydroxyl groups is 5. The fourth-order valence-corrected chi connectivity index (χ4v) is 9.33. The SMILES string of the molecule is CCCCCCCCCCCCCCCCCCCCCCCCCC(=O)OC(COCCCCCCCCCCCCCC)COP(=O)(O)OC1C(O)C(O)C(O)C(O)C1O. The molecule has 6 N–H and O–H groups in total. The summed E-state index contributed by atoms with van der Waals surface area (Å²) in [5, 5.41) is 50.2. The van der Waals surface area contributed by atoms with Gasteiger partial charge >= 0.3 is 13.8 Å². The fraction of sp³-hybridized carbons (Fsp3) is 0.980. The van der Waals surface area contributed by atoms with Crippen molar-refractivity contribution < 1.29 is 58.3 Å². The first kappa shape index (κ1) is 59.4. The van der Waals surface area contributed by atoms with E-state index < -0.39 is 63.1 Å². The van der Waals surface area contributed by atoms with Crippen LogP contribution in [0.3, 0.4) is 0 Å². The van der Waals surface area contributed by atoms with Gasteiger partial charge in [-0.25, -0.2) is 4.57 Å². The summed E-state index contributed by atoms with van der Waals surface area (Å²) in [5.41, 5.74) is 0. The lowest BCUT2D eigenvalue weighted by atomic mass is 9.85. The van der Waals surface area contributed by atoms with Crippen LogP contribution >= 0.6 is 7.82 Å². The molecule has 0 bridgehead atoms. The predicted molar refractivity (Wildman–Crippen MR) is 249 cm³/mol. The molecule has 6 atom stereocenters. The van der Waals surface area contributed by atoms with Gasteiger partial charge in [0.2, 0.25) is 0 Å². The summed E-state index contributed by atoms with van der Waals surface area (Å²) >= 11 is 0. The van der Waals surface area contributed by atoms with Crippen LogP contribution in [0.4, 0.5) is 0 Å². The molecule has 13 heteroatoms. The first-order valence-electron chi connectivity index (χ1n) is 25.9. The zero-order valence-corrected chi connectivity index (χ0v) is 40.6. The molecule has 6 unspecified atom stereocenters. The number of ether oxygens (including phenoxy) is 2. The van der Waals surface area contributed by atoms with Crippen molar-refractivity contribution in [2.24, 2.45) is 0 Å². The number of carbonyl (C=O) groups excluding carboxylic acids is 1. The number of carbonyl (C=O) groups is 1. The van der Waals surface area contributed by atoms with Gasteiger partial charge in [0.15, 0.2) is 0 Å². The quantitative estimate of drug-likeness (QED) is 0.0193. The van der Waals surface area contributed by atoms with Gasteiger partial charge in [-0.15, -0.1) is 0 Å². The highest BCUT2D eigenvalue weighted by molar-refractivity contribution is 7.47. The van der Waals surface area contributed by atoms with Gasteiger partial charge in [-0.1, -0.05) is 226 Å². The maximum Gasteiger partial charge on any atom is 0.472 e. The lowest BCUT2D eigenvalue weighted by Gasteiger charge is -2.41. The van der Waals surface area contributed by atoms with E-state index in [2.05, 4.69) is 13.8 Å². The van der Waals surface area contributed by atoms with E-state index in [1.807, 2.05) is 0 Å². The van der Waals surface area contributed by atoms with Crippen LogP contribution in [0.15, 0.2) is 0 Å². The van der Waals surface area contributed by atoms with Crippen LogP contribution in [0.25, 0.3) is 0 Å². The van der Waals surface area contributed by atoms with Crippen molar-refractivity contribution in [1.29, 1.82) is 0 Å². The number of rotatable bonds is 45. The van der Waals surface area contributed by atoms with Gasteiger partial charge in [-0.05, 0) is 12.8 Å². The number of hydrogen-bond donors (Lipinski definition) is 6. The van der Waals surface area contributed by atoms with Gasteiger partial charge in [0.1, 0.15) is 42.7 Å². The van der Waals surface area contributed by atoms with E-state index >= 15 is 0 Å². The maximum atomic E-state index is 12.8. The summed E-state index contributed by atoms with van der Waals surface area (Å²) in [5.74, 6) is -0.469. The van der Waals surface area contributed by atoms with Crippen LogP contribution in [-0.4, -0.2) is 98.9 Å². The Kier molecular flexibility index (Phi) is 38.9. The van der Waals surface area contributed by atoms with Gasteiger partial charge in [-0.3, -0.25) is 13.8 Å². The largest absolute Gasteiger partial charge is 0.472 e. The smallest absolute Gasteiger partial charge is 0.457 e. The molecular formula is C49H97O12P. The van der Waals surface area contributed by atoms with E-state index in [4.69, 9.17) is 18.5 Å². The molecule has 1 aliphatic carbocycles. The van der Waals surface area contributed by atoms with Crippen molar-refractivity contribution in [3.8, 4) is 0 Å². The van der Waals surface area contributed by atoms with E-state index in [1.165, 1.54) is 180 Å². The van der Waals surface area contributed by atoms with Crippen LogP contribution in [0, 0.1) is 0 Å². The van der Waals surface area contributed by atoms with Crippen LogP contribution in [0.2, 0.25) is 0 Å². The fourth-order valence-electron chi connectivity index (χ4n) is 8.36. The molecule has 0 amide bonds. The summed E-state index contributed by atoms with van der Waals surface area (Å²) < 4.78 is 34.2. The zero-order chi connectivity index (χ0) is 45.5. The Hall–Kier alpha value is -0.660. The van der Waals surface area contributed by atoms with E-state index in [-0.39, 0.29) is 13.0 Å². The van der Waals surface area contributed by atoms with Gasteiger partial charge in [0, 0.05) is 13.0 Å². The Morgan fingerprint density at radius 1 is 0.452 bits per heavy atom. The van der Waals surface area contributed by atoms with Crippen LogP contribution in [-0.2, 0) is 27.9 Å². The summed E-state index contributed by atoms with van der Waals surface area (Å²) in [7, 11) is -5.01. The van der Waals surface area contributed by atoms with Crippen LogP contribution in [0.1, 0.15) is 245 Å². The van der Waals surface area contributed by atoms with Gasteiger partial charge in [0.25, 0.3) is 0 Å². The number of hydrogen-bond acceptors (Lipinski definition) is 11. The maximum absolute atomic E-state index is 12.8. The van der Waals surface area contributed by atoms with E-state index in [0.29, 0.717) is 13.0 Å². The molecule has 370 valence electrons. The number of phosphoric ester groups is 1. The number of phosphoric acid groups is 1. The molecule has 0 spiro atoms. The molecule has 0 aromatic rings. The Bertz CT molecular complexity index is 1040. The Morgan fingerprint density at radius 2 is 0.758 bits per heavy atom. The summed E-state index contributed by atoms with van der Waals surface area (Å²) in [4.78, 5) is 23.2. The number of aliphatic hydroxyl groups excluding tert-OH is 5. The molecule has 0 aromatic heterocycles. The third-order valence-electron chi connectivity index (χ3n) is 12.5. The third-order valence-corrected chi connectivity index (χ3v) is 13.5. The Morgan fingerprint density at radius 3 is 1.11 bits per heavy atom. The van der Waals surface area contributed by atoms with Gasteiger partial charge < -0.3 is 39.9 Å². The molecule has 62 heavy (non-hydrogen) atoms. The highest BCUT2D eigenvalue weighted by Crippen LogP contribution is 2.47. The molecule has 12 nitrogen and oxygen atoms in total. The minimum absolute atomic E-state index is 0.0680. The average Bonchev–Trinajstić information content (AvgIpc) is 3.26. The molecule has 0 heterocycles. The summed E-state index contributed by atoms with van der Waals surface area (Å²) in [6.07, 6.45) is 31.8. The molecular weight excluding hydrogens is 812 g/mol. The normalized spacial score (nSPS) is 21.9. The topological polar surface area (TPSA) is 192 Å². The van der Waals surface area contributed by atoms with Crippen molar-refractivity contribution in [3.63, 3.8) is 0 Å². The first-order chi connectivity index (χ1) is 30.0. The Balaban J connectivity index is 2.27. The molecule has 1 fully saturated rings. The Labute approximate surface area is 378 Å². The van der Waals surface area contributed by atoms with E-state index in [1.54, 1.807) is 0 Å². The molecule has 1 rings (SSSR count). The molecule has 0 aromatic carbocycles. The minimum atomic E-state index is -5.01. The standard InChI is InChI=1S/C49H97O12P/c1-3-5-7-9-11-13-15-17-18-19-20-21-22-23-24-25-26-27-28-30-32-34-36-38-43(50)60-42(40-58-39-37-35-33-31-29-16-14-12-10-8-6-4-2)41-59-62(56,57)61-49-47(54)45(52)44(51)46(53)48(49)55/h42,44-49,51-55H,3-41H2,1-2H3,(H,56,57). The molecule has 1 saturated carbocycles. The van der Waals surface area contributed by atoms with Crippen LogP contribution in [0.5, 0.6) is 0 Å². The van der Waals surface area contributed by atoms with Crippen molar-refractivity contribution >= 4 is 13.8 Å². The monoisotopic (exact) mass is 909 g/mol. The number of esters is 1. The van der Waals surface area contributed by atoms with E-state index in [9.17, 15) is 39.8 Å². The third kappa shape index (κ3) is 32.1. The molecule has 0 radical (unpaired) electrons. The van der Waals surface area contributed by atoms with Crippen molar-refractivity contribution in [3.05, 3.63) is 0 Å². The molecule has 0 aliphatic heterocycles. The second-order valence-electron chi connectivity index (χ2n) is 18.4. The van der Waals surface area contributed by atoms with Gasteiger partial charge in [0.05, 0.1) is 13.2 Å². The lowest BCUT2D eigenvalue weighted by molar-refractivity contribution is -0.220. The van der Waals surface area contributed by atoms with Crippen LogP contribution < -0.4 is 0 Å².